The van der Waals surface area contributed by atoms with Crippen molar-refractivity contribution >= 4 is 39.4 Å². The van der Waals surface area contributed by atoms with Crippen LogP contribution in [-0.2, 0) is 9.53 Å². The van der Waals surface area contributed by atoms with E-state index >= 15 is 0 Å². The van der Waals surface area contributed by atoms with Gasteiger partial charge in [-0.15, -0.1) is 0 Å². The number of hydrogen-bond acceptors (Lipinski definition) is 4. The number of carbonyl (C=O) groups excluding carboxylic acids is 3. The first-order chi connectivity index (χ1) is 15.4. The molecule has 0 saturated heterocycles. The van der Waals surface area contributed by atoms with Crippen LogP contribution < -0.4 is 10.6 Å². The molecule has 3 aromatic rings. The summed E-state index contributed by atoms with van der Waals surface area (Å²) in [4.78, 5) is 37.5. The molecule has 164 valence electrons. The van der Waals surface area contributed by atoms with E-state index < -0.39 is 12.0 Å². The minimum atomic E-state index is -0.573. The molecule has 0 aromatic heterocycles. The number of anilines is 1. The highest BCUT2D eigenvalue weighted by Crippen LogP contribution is 2.23. The fourth-order valence-corrected chi connectivity index (χ4v) is 3.57. The molecule has 1 unspecified atom stereocenters. The van der Waals surface area contributed by atoms with E-state index in [-0.39, 0.29) is 18.2 Å². The summed E-state index contributed by atoms with van der Waals surface area (Å²) in [7, 11) is 1.31. The van der Waals surface area contributed by atoms with Gasteiger partial charge in [0, 0.05) is 21.3 Å². The molecular formula is C25H23BrN2O4. The van der Waals surface area contributed by atoms with Gasteiger partial charge in [-0.3, -0.25) is 14.4 Å². The minimum Gasteiger partial charge on any atom is -0.469 e. The molecule has 0 aliphatic rings. The summed E-state index contributed by atoms with van der Waals surface area (Å²) in [5.41, 5.74) is 3.02. The summed E-state index contributed by atoms with van der Waals surface area (Å²) in [5.74, 6) is -1.06. The molecule has 3 aromatic carbocycles. The van der Waals surface area contributed by atoms with Gasteiger partial charge in [0.25, 0.3) is 11.8 Å². The molecule has 1 atom stereocenters. The SMILES string of the molecule is COC(=O)CC(NC(=O)c1ccc(C)c(NC(=O)c2ccccc2)c1)c1cccc(Br)c1. The van der Waals surface area contributed by atoms with Crippen LogP contribution in [0.3, 0.4) is 0 Å². The molecule has 0 heterocycles. The number of carbonyl (C=O) groups is 3. The Bertz CT molecular complexity index is 1130. The van der Waals surface area contributed by atoms with Gasteiger partial charge >= 0.3 is 5.97 Å². The molecule has 6 nitrogen and oxygen atoms in total. The Morgan fingerprint density at radius 1 is 0.906 bits per heavy atom. The number of ether oxygens (including phenoxy) is 1. The van der Waals surface area contributed by atoms with Crippen LogP contribution in [0.25, 0.3) is 0 Å². The summed E-state index contributed by atoms with van der Waals surface area (Å²) in [6.45, 7) is 1.85. The maximum Gasteiger partial charge on any atom is 0.307 e. The molecule has 0 radical (unpaired) electrons. The van der Waals surface area contributed by atoms with E-state index in [9.17, 15) is 14.4 Å². The van der Waals surface area contributed by atoms with Crippen molar-refractivity contribution in [2.45, 2.75) is 19.4 Å². The van der Waals surface area contributed by atoms with Gasteiger partial charge in [-0.25, -0.2) is 0 Å². The number of hydrogen-bond donors (Lipinski definition) is 2. The number of halogens is 1. The maximum absolute atomic E-state index is 13.0. The maximum atomic E-state index is 13.0. The number of esters is 1. The molecule has 0 saturated carbocycles. The third-order valence-corrected chi connectivity index (χ3v) is 5.43. The molecular weight excluding hydrogens is 472 g/mol. The van der Waals surface area contributed by atoms with Crippen LogP contribution >= 0.6 is 15.9 Å². The fourth-order valence-electron chi connectivity index (χ4n) is 3.15. The van der Waals surface area contributed by atoms with Crippen molar-refractivity contribution in [1.29, 1.82) is 0 Å². The highest BCUT2D eigenvalue weighted by atomic mass is 79.9. The lowest BCUT2D eigenvalue weighted by molar-refractivity contribution is -0.141. The number of rotatable bonds is 7. The second kappa shape index (κ2) is 10.7. The largest absolute Gasteiger partial charge is 0.469 e. The molecule has 0 aliphatic heterocycles. The van der Waals surface area contributed by atoms with E-state index in [4.69, 9.17) is 4.74 Å². The van der Waals surface area contributed by atoms with Crippen molar-refractivity contribution in [3.8, 4) is 0 Å². The quantitative estimate of drug-likeness (QED) is 0.450. The zero-order chi connectivity index (χ0) is 23.1. The van der Waals surface area contributed by atoms with Crippen LogP contribution in [-0.4, -0.2) is 24.9 Å². The monoisotopic (exact) mass is 494 g/mol. The number of amides is 2. The molecule has 2 N–H and O–H groups in total. The van der Waals surface area contributed by atoms with Crippen molar-refractivity contribution < 1.29 is 19.1 Å². The van der Waals surface area contributed by atoms with Gasteiger partial charge in [-0.1, -0.05) is 52.3 Å². The summed E-state index contributed by atoms with van der Waals surface area (Å²) in [5, 5.41) is 5.76. The van der Waals surface area contributed by atoms with Crippen LogP contribution in [0.5, 0.6) is 0 Å². The number of nitrogens with one attached hydrogen (secondary N) is 2. The summed E-state index contributed by atoms with van der Waals surface area (Å²) >= 11 is 3.42. The molecule has 7 heteroatoms. The van der Waals surface area contributed by atoms with Crippen molar-refractivity contribution in [3.63, 3.8) is 0 Å². The third kappa shape index (κ3) is 6.04. The molecule has 32 heavy (non-hydrogen) atoms. The smallest absolute Gasteiger partial charge is 0.307 e. The summed E-state index contributed by atoms with van der Waals surface area (Å²) in [6.07, 6.45) is -0.0118. The van der Waals surface area contributed by atoms with Gasteiger partial charge in [0.15, 0.2) is 0 Å². The van der Waals surface area contributed by atoms with Gasteiger partial charge in [-0.2, -0.15) is 0 Å². The Labute approximate surface area is 195 Å². The van der Waals surface area contributed by atoms with E-state index in [1.54, 1.807) is 42.5 Å². The van der Waals surface area contributed by atoms with Crippen LogP contribution in [0, 0.1) is 6.92 Å². The molecule has 3 rings (SSSR count). The molecule has 0 spiro atoms. The van der Waals surface area contributed by atoms with Gasteiger partial charge < -0.3 is 15.4 Å². The van der Waals surface area contributed by atoms with Gasteiger partial charge in [0.2, 0.25) is 0 Å². The molecule has 0 bridgehead atoms. The van der Waals surface area contributed by atoms with Crippen LogP contribution in [0.4, 0.5) is 5.69 Å². The predicted octanol–water partition coefficient (Wildman–Crippen LogP) is 5.04. The van der Waals surface area contributed by atoms with Crippen LogP contribution in [0.2, 0.25) is 0 Å². The van der Waals surface area contributed by atoms with Crippen molar-refractivity contribution in [1.82, 2.24) is 5.32 Å². The first-order valence-corrected chi connectivity index (χ1v) is 10.8. The Morgan fingerprint density at radius 2 is 1.66 bits per heavy atom. The number of methoxy groups -OCH3 is 1. The minimum absolute atomic E-state index is 0.0118. The predicted molar refractivity (Wildman–Crippen MR) is 127 cm³/mol. The Hall–Kier alpha value is -3.45. The van der Waals surface area contributed by atoms with E-state index in [2.05, 4.69) is 26.6 Å². The second-order valence-electron chi connectivity index (χ2n) is 7.21. The molecule has 0 aliphatic carbocycles. The first-order valence-electron chi connectivity index (χ1n) is 9.97. The van der Waals surface area contributed by atoms with Crippen LogP contribution in [0.1, 0.15) is 44.3 Å². The highest BCUT2D eigenvalue weighted by Gasteiger charge is 2.21. The van der Waals surface area contributed by atoms with E-state index in [1.165, 1.54) is 7.11 Å². The second-order valence-corrected chi connectivity index (χ2v) is 8.13. The Kier molecular flexibility index (Phi) is 7.78. The zero-order valence-electron chi connectivity index (χ0n) is 17.7. The van der Waals surface area contributed by atoms with Crippen molar-refractivity contribution in [2.75, 3.05) is 12.4 Å². The van der Waals surface area contributed by atoms with Gasteiger partial charge in [0.05, 0.1) is 19.6 Å². The highest BCUT2D eigenvalue weighted by molar-refractivity contribution is 9.10. The summed E-state index contributed by atoms with van der Waals surface area (Å²) < 4.78 is 5.62. The Balaban J connectivity index is 1.81. The fraction of sp³-hybridized carbons (Fsp3) is 0.160. The molecule has 0 fully saturated rings. The molecule has 2 amide bonds. The van der Waals surface area contributed by atoms with Crippen molar-refractivity contribution in [3.05, 3.63) is 99.5 Å². The Morgan fingerprint density at radius 3 is 2.34 bits per heavy atom. The number of aryl methyl sites for hydroxylation is 1. The lowest BCUT2D eigenvalue weighted by Crippen LogP contribution is -2.30. The van der Waals surface area contributed by atoms with Crippen LogP contribution in [0.15, 0.2) is 77.3 Å². The lowest BCUT2D eigenvalue weighted by Gasteiger charge is -2.19. The van der Waals surface area contributed by atoms with Crippen molar-refractivity contribution in [2.24, 2.45) is 0 Å². The summed E-state index contributed by atoms with van der Waals surface area (Å²) in [6, 6.07) is 20.7. The van der Waals surface area contributed by atoms with E-state index in [1.807, 2.05) is 37.3 Å². The van der Waals surface area contributed by atoms with Gasteiger partial charge in [0.1, 0.15) is 0 Å². The van der Waals surface area contributed by atoms with Gasteiger partial charge in [-0.05, 0) is 54.4 Å². The van der Waals surface area contributed by atoms with E-state index in [0.29, 0.717) is 16.8 Å². The average Bonchev–Trinajstić information content (AvgIpc) is 2.80. The number of benzene rings is 3. The zero-order valence-corrected chi connectivity index (χ0v) is 19.3. The average molecular weight is 495 g/mol. The topological polar surface area (TPSA) is 84.5 Å². The normalized spacial score (nSPS) is 11.3. The third-order valence-electron chi connectivity index (χ3n) is 4.94. The van der Waals surface area contributed by atoms with E-state index in [0.717, 1.165) is 15.6 Å². The standard InChI is InChI=1S/C25H23BrN2O4/c1-16-11-12-19(14-21(16)27-24(30)17-7-4-3-5-8-17)25(31)28-22(15-23(29)32-2)18-9-6-10-20(26)13-18/h3-14,22H,15H2,1-2H3,(H,27,30)(H,28,31). The first kappa shape index (κ1) is 23.2. The lowest BCUT2D eigenvalue weighted by atomic mass is 10.0.